The van der Waals surface area contributed by atoms with E-state index >= 15 is 0 Å². The molecule has 4 rings (SSSR count). The van der Waals surface area contributed by atoms with Crippen molar-refractivity contribution < 1.29 is 19.2 Å². The zero-order chi connectivity index (χ0) is 25.1. The average Bonchev–Trinajstić information content (AvgIpc) is 3.08. The summed E-state index contributed by atoms with van der Waals surface area (Å²) in [6.45, 7) is 5.74. The third-order valence-electron chi connectivity index (χ3n) is 5.86. The summed E-state index contributed by atoms with van der Waals surface area (Å²) in [6.07, 6.45) is 2.28. The minimum Gasteiger partial charge on any atom is -0.378 e. The third-order valence-corrected chi connectivity index (χ3v) is 6.26. The molecular weight excluding hydrogens is 468 g/mol. The minimum atomic E-state index is -0.863. The van der Waals surface area contributed by atoms with E-state index in [4.69, 9.17) is 11.6 Å². The Hall–Kier alpha value is -3.91. The number of halogens is 1. The van der Waals surface area contributed by atoms with E-state index in [9.17, 15) is 19.2 Å². The predicted octanol–water partition coefficient (Wildman–Crippen LogP) is 3.33. The molecule has 0 aromatic heterocycles. The highest BCUT2D eigenvalue weighted by atomic mass is 35.5. The van der Waals surface area contributed by atoms with Crippen molar-refractivity contribution >= 4 is 46.5 Å². The van der Waals surface area contributed by atoms with Crippen LogP contribution in [0, 0.1) is 6.92 Å². The smallest absolute Gasteiger partial charge is 0.278 e. The fourth-order valence-electron chi connectivity index (χ4n) is 3.98. The second-order valence-corrected chi connectivity index (χ2v) is 8.98. The summed E-state index contributed by atoms with van der Waals surface area (Å²) in [5, 5.41) is 9.26. The van der Waals surface area contributed by atoms with Crippen LogP contribution in [-0.4, -0.2) is 41.0 Å². The maximum atomic E-state index is 12.9. The van der Waals surface area contributed by atoms with Gasteiger partial charge in [-0.3, -0.25) is 24.1 Å². The number of hydrogen-bond donors (Lipinski definition) is 3. The molecule has 2 aromatic rings. The number of piperidine rings is 1. The quantitative estimate of drug-likeness (QED) is 0.488. The van der Waals surface area contributed by atoms with E-state index in [1.807, 2.05) is 19.1 Å². The van der Waals surface area contributed by atoms with Gasteiger partial charge >= 0.3 is 0 Å². The van der Waals surface area contributed by atoms with Gasteiger partial charge in [-0.1, -0.05) is 36.4 Å². The normalized spacial score (nSPS) is 17.8. The average molecular weight is 493 g/mol. The Morgan fingerprint density at radius 1 is 1.17 bits per heavy atom. The zero-order valence-electron chi connectivity index (χ0n) is 19.2. The van der Waals surface area contributed by atoms with Crippen LogP contribution in [0.5, 0.6) is 0 Å². The van der Waals surface area contributed by atoms with Crippen LogP contribution >= 0.6 is 11.6 Å². The zero-order valence-corrected chi connectivity index (χ0v) is 19.9. The van der Waals surface area contributed by atoms with Crippen molar-refractivity contribution in [2.45, 2.75) is 32.2 Å². The fourth-order valence-corrected chi connectivity index (χ4v) is 4.18. The largest absolute Gasteiger partial charge is 0.378 e. The number of imide groups is 1. The molecule has 0 saturated carbocycles. The maximum absolute atomic E-state index is 12.9. The van der Waals surface area contributed by atoms with Gasteiger partial charge in [0.1, 0.15) is 11.7 Å². The van der Waals surface area contributed by atoms with Crippen molar-refractivity contribution in [3.63, 3.8) is 0 Å². The number of carbonyl (C=O) groups excluding carboxylic acids is 4. The molecule has 0 spiro atoms. The highest BCUT2D eigenvalue weighted by Crippen LogP contribution is 2.25. The standard InChI is InChI=1S/C26H25ClN4O4/c1-15-6-8-17(11-21(15)27)10-20(32)14-28-18-4-3-5-19(12-18)30-22-13-24(33)31(26(22)35)23-9-7-16(2)29-25(23)34/h3-6,8,11-13,23,28,30H,2,7,9-10,14H2,1H3,(H,29,34). The first kappa shape index (κ1) is 24.2. The third kappa shape index (κ3) is 5.60. The van der Waals surface area contributed by atoms with Crippen LogP contribution in [0.4, 0.5) is 11.4 Å². The molecular formula is C26H25ClN4O4. The molecule has 1 unspecified atom stereocenters. The molecule has 2 aromatic carbocycles. The number of rotatable bonds is 8. The molecule has 1 atom stereocenters. The predicted molar refractivity (Wildman–Crippen MR) is 134 cm³/mol. The van der Waals surface area contributed by atoms with E-state index < -0.39 is 23.8 Å². The van der Waals surface area contributed by atoms with Gasteiger partial charge in [0.2, 0.25) is 5.91 Å². The van der Waals surface area contributed by atoms with Crippen LogP contribution < -0.4 is 16.0 Å². The Morgan fingerprint density at radius 3 is 2.69 bits per heavy atom. The highest BCUT2D eigenvalue weighted by Gasteiger charge is 2.41. The minimum absolute atomic E-state index is 0.00774. The first-order chi connectivity index (χ1) is 16.7. The van der Waals surface area contributed by atoms with Crippen LogP contribution in [0.1, 0.15) is 24.0 Å². The molecule has 0 bridgehead atoms. The van der Waals surface area contributed by atoms with Gasteiger partial charge in [0.15, 0.2) is 5.78 Å². The summed E-state index contributed by atoms with van der Waals surface area (Å²) in [7, 11) is 0. The molecule has 3 amide bonds. The van der Waals surface area contributed by atoms with E-state index in [1.54, 1.807) is 30.3 Å². The molecule has 2 heterocycles. The molecule has 2 aliphatic heterocycles. The van der Waals surface area contributed by atoms with Crippen LogP contribution in [0.25, 0.3) is 0 Å². The Labute approximate surface area is 208 Å². The summed E-state index contributed by atoms with van der Waals surface area (Å²) < 4.78 is 0. The molecule has 0 aliphatic carbocycles. The lowest BCUT2D eigenvalue weighted by Crippen LogP contribution is -2.52. The number of hydrogen-bond acceptors (Lipinski definition) is 6. The number of nitrogens with zero attached hydrogens (tertiary/aromatic N) is 1. The molecule has 3 N–H and O–H groups in total. The topological polar surface area (TPSA) is 108 Å². The Morgan fingerprint density at radius 2 is 1.94 bits per heavy atom. The molecule has 2 aliphatic rings. The number of anilines is 2. The van der Waals surface area contributed by atoms with Gasteiger partial charge in [-0.05, 0) is 55.2 Å². The summed E-state index contributed by atoms with van der Waals surface area (Å²) >= 11 is 6.13. The van der Waals surface area contributed by atoms with E-state index in [-0.39, 0.29) is 24.4 Å². The highest BCUT2D eigenvalue weighted by molar-refractivity contribution is 6.31. The lowest BCUT2D eigenvalue weighted by molar-refractivity contribution is -0.146. The first-order valence-corrected chi connectivity index (χ1v) is 11.5. The second kappa shape index (κ2) is 10.1. The molecule has 180 valence electrons. The summed E-state index contributed by atoms with van der Waals surface area (Å²) in [6, 6.07) is 11.7. The van der Waals surface area contributed by atoms with Gasteiger partial charge in [0.25, 0.3) is 11.8 Å². The number of allylic oxidation sites excluding steroid dienone is 1. The van der Waals surface area contributed by atoms with Crippen LogP contribution in [0.15, 0.2) is 66.5 Å². The SMILES string of the molecule is C=C1CCC(N2C(=O)C=C(Nc3cccc(NCC(=O)Cc4ccc(C)c(Cl)c4)c3)C2=O)C(=O)N1. The van der Waals surface area contributed by atoms with Gasteiger partial charge in [-0.15, -0.1) is 0 Å². The Balaban J connectivity index is 1.35. The van der Waals surface area contributed by atoms with Crippen molar-refractivity contribution in [1.29, 1.82) is 0 Å². The van der Waals surface area contributed by atoms with Gasteiger partial charge in [0, 0.05) is 34.6 Å². The lowest BCUT2D eigenvalue weighted by atomic mass is 10.0. The fraction of sp³-hybridized carbons (Fsp3) is 0.231. The van der Waals surface area contributed by atoms with Gasteiger partial charge in [0.05, 0.1) is 6.54 Å². The number of benzene rings is 2. The summed E-state index contributed by atoms with van der Waals surface area (Å²) in [5.41, 5.74) is 3.69. The summed E-state index contributed by atoms with van der Waals surface area (Å²) in [5.74, 6) is -1.53. The van der Waals surface area contributed by atoms with Crippen molar-refractivity contribution in [2.75, 3.05) is 17.2 Å². The Kier molecular flexibility index (Phi) is 7.02. The molecule has 35 heavy (non-hydrogen) atoms. The van der Waals surface area contributed by atoms with Crippen molar-refractivity contribution in [1.82, 2.24) is 10.2 Å². The number of Topliss-reactive ketones (excluding diaryl/α,β-unsaturated/α-hetero) is 1. The second-order valence-electron chi connectivity index (χ2n) is 8.58. The molecule has 9 heteroatoms. The van der Waals surface area contributed by atoms with Crippen molar-refractivity contribution in [2.24, 2.45) is 0 Å². The molecule has 8 nitrogen and oxygen atoms in total. The Bertz CT molecular complexity index is 1270. The van der Waals surface area contributed by atoms with Gasteiger partial charge in [-0.25, -0.2) is 0 Å². The molecule has 0 radical (unpaired) electrons. The van der Waals surface area contributed by atoms with Gasteiger partial charge in [-0.2, -0.15) is 0 Å². The summed E-state index contributed by atoms with van der Waals surface area (Å²) in [4.78, 5) is 51.0. The molecule has 1 saturated heterocycles. The monoisotopic (exact) mass is 492 g/mol. The van der Waals surface area contributed by atoms with Crippen molar-refractivity contribution in [3.8, 4) is 0 Å². The maximum Gasteiger partial charge on any atom is 0.278 e. The van der Waals surface area contributed by atoms with Crippen molar-refractivity contribution in [3.05, 3.63) is 82.7 Å². The lowest BCUT2D eigenvalue weighted by Gasteiger charge is -2.29. The van der Waals surface area contributed by atoms with Gasteiger partial charge < -0.3 is 16.0 Å². The number of carbonyl (C=O) groups is 4. The van der Waals surface area contributed by atoms with Crippen LogP contribution in [-0.2, 0) is 25.6 Å². The van der Waals surface area contributed by atoms with E-state index in [2.05, 4.69) is 22.5 Å². The molecule has 1 fully saturated rings. The number of amides is 3. The first-order valence-electron chi connectivity index (χ1n) is 11.2. The number of ketones is 1. The van der Waals surface area contributed by atoms with Crippen LogP contribution in [0.2, 0.25) is 5.02 Å². The van der Waals surface area contributed by atoms with Crippen LogP contribution in [0.3, 0.4) is 0 Å². The van der Waals surface area contributed by atoms with E-state index in [0.717, 1.165) is 16.0 Å². The number of aryl methyl sites for hydroxylation is 1. The van der Waals surface area contributed by atoms with E-state index in [0.29, 0.717) is 34.9 Å². The van der Waals surface area contributed by atoms with E-state index in [1.165, 1.54) is 6.08 Å². The number of nitrogens with one attached hydrogen (secondary N) is 3.